The Labute approximate surface area is 181 Å². The minimum absolute atomic E-state index is 0.0887. The molecule has 1 N–H and O–H groups in total. The normalized spacial score (nSPS) is 17.9. The lowest BCUT2D eigenvalue weighted by molar-refractivity contribution is -0.132. The summed E-state index contributed by atoms with van der Waals surface area (Å²) >= 11 is 0. The number of aryl methyl sites for hydroxylation is 4. The fraction of sp³-hybridized carbons (Fsp3) is 0.192. The molecule has 0 radical (unpaired) electrons. The van der Waals surface area contributed by atoms with Crippen LogP contribution in [0.1, 0.15) is 39.4 Å². The van der Waals surface area contributed by atoms with Gasteiger partial charge in [0, 0.05) is 23.6 Å². The number of ketones is 1. The molecule has 31 heavy (non-hydrogen) atoms. The van der Waals surface area contributed by atoms with Crippen LogP contribution in [-0.4, -0.2) is 21.8 Å². The number of aliphatic hydroxyl groups is 1. The molecular weight excluding hydrogens is 388 g/mol. The zero-order chi connectivity index (χ0) is 22.3. The Hall–Kier alpha value is -3.73. The molecule has 0 bridgehead atoms. The van der Waals surface area contributed by atoms with Crippen molar-refractivity contribution in [3.63, 3.8) is 0 Å². The van der Waals surface area contributed by atoms with Crippen molar-refractivity contribution < 1.29 is 14.7 Å². The van der Waals surface area contributed by atoms with Gasteiger partial charge in [-0.25, -0.2) is 0 Å². The van der Waals surface area contributed by atoms with Gasteiger partial charge in [-0.1, -0.05) is 29.8 Å². The zero-order valence-corrected chi connectivity index (χ0v) is 18.0. The second-order valence-electron chi connectivity index (χ2n) is 8.06. The molecule has 2 heterocycles. The second kappa shape index (κ2) is 7.84. The molecule has 1 amide bonds. The van der Waals surface area contributed by atoms with Crippen LogP contribution in [0.5, 0.6) is 0 Å². The zero-order valence-electron chi connectivity index (χ0n) is 18.0. The molecule has 0 saturated carbocycles. The first-order valence-electron chi connectivity index (χ1n) is 10.2. The number of nitrogens with zero attached hydrogens (tertiary/aromatic N) is 2. The van der Waals surface area contributed by atoms with Crippen molar-refractivity contribution in [1.29, 1.82) is 0 Å². The molecule has 1 unspecified atom stereocenters. The van der Waals surface area contributed by atoms with Crippen molar-refractivity contribution in [3.05, 3.63) is 99.9 Å². The maximum atomic E-state index is 13.3. The van der Waals surface area contributed by atoms with Gasteiger partial charge in [0.05, 0.1) is 11.6 Å². The first-order valence-corrected chi connectivity index (χ1v) is 10.2. The average Bonchev–Trinajstić information content (AvgIpc) is 3.02. The van der Waals surface area contributed by atoms with Gasteiger partial charge in [0.15, 0.2) is 0 Å². The summed E-state index contributed by atoms with van der Waals surface area (Å²) in [6.07, 6.45) is 3.24. The summed E-state index contributed by atoms with van der Waals surface area (Å²) in [5.74, 6) is -1.50. The number of carbonyl (C=O) groups excluding carboxylic acids is 2. The lowest BCUT2D eigenvalue weighted by Crippen LogP contribution is -2.30. The summed E-state index contributed by atoms with van der Waals surface area (Å²) in [4.78, 5) is 32.1. The van der Waals surface area contributed by atoms with E-state index in [4.69, 9.17) is 0 Å². The van der Waals surface area contributed by atoms with E-state index in [1.54, 1.807) is 24.5 Å². The number of hydrogen-bond donors (Lipinski definition) is 1. The molecule has 5 heteroatoms. The predicted molar refractivity (Wildman–Crippen MR) is 121 cm³/mol. The number of rotatable bonds is 3. The molecule has 1 fully saturated rings. The lowest BCUT2D eigenvalue weighted by atomic mass is 9.93. The van der Waals surface area contributed by atoms with E-state index in [0.717, 1.165) is 22.3 Å². The van der Waals surface area contributed by atoms with Crippen LogP contribution >= 0.6 is 0 Å². The van der Waals surface area contributed by atoms with Gasteiger partial charge in [0.1, 0.15) is 5.76 Å². The Balaban J connectivity index is 2.01. The molecule has 1 aliphatic rings. The number of anilines is 1. The van der Waals surface area contributed by atoms with Crippen LogP contribution in [0.2, 0.25) is 0 Å². The van der Waals surface area contributed by atoms with Gasteiger partial charge >= 0.3 is 0 Å². The van der Waals surface area contributed by atoms with Gasteiger partial charge < -0.3 is 5.11 Å². The van der Waals surface area contributed by atoms with E-state index in [1.165, 1.54) is 4.90 Å². The van der Waals surface area contributed by atoms with Crippen molar-refractivity contribution in [2.75, 3.05) is 4.90 Å². The fourth-order valence-electron chi connectivity index (χ4n) is 4.06. The van der Waals surface area contributed by atoms with Gasteiger partial charge in [0.25, 0.3) is 11.7 Å². The van der Waals surface area contributed by atoms with Gasteiger partial charge in [0.2, 0.25) is 0 Å². The summed E-state index contributed by atoms with van der Waals surface area (Å²) in [5, 5.41) is 11.3. The number of amides is 1. The van der Waals surface area contributed by atoms with Crippen molar-refractivity contribution in [2.24, 2.45) is 0 Å². The second-order valence-corrected chi connectivity index (χ2v) is 8.06. The number of carbonyl (C=O) groups is 2. The van der Waals surface area contributed by atoms with Gasteiger partial charge in [-0.3, -0.25) is 19.5 Å². The number of aliphatic hydroxyl groups excluding tert-OH is 1. The molecule has 2 aromatic carbocycles. The summed E-state index contributed by atoms with van der Waals surface area (Å²) in [5.41, 5.74) is 5.64. The SMILES string of the molecule is Cc1ccc(C)c(/C(O)=C2\C(=O)C(=O)N(c3cc(C)ccc3C)C2c2ccncc2)c1. The van der Waals surface area contributed by atoms with E-state index in [-0.39, 0.29) is 11.3 Å². The predicted octanol–water partition coefficient (Wildman–Crippen LogP) is 4.94. The molecule has 4 rings (SSSR count). The number of benzene rings is 2. The van der Waals surface area contributed by atoms with Gasteiger partial charge in [-0.2, -0.15) is 0 Å². The van der Waals surface area contributed by atoms with Crippen LogP contribution < -0.4 is 4.90 Å². The molecule has 1 saturated heterocycles. The van der Waals surface area contributed by atoms with Crippen molar-refractivity contribution in [3.8, 4) is 0 Å². The van der Waals surface area contributed by atoms with E-state index in [1.807, 2.05) is 64.1 Å². The highest BCUT2D eigenvalue weighted by Gasteiger charge is 2.47. The Morgan fingerprint density at radius 3 is 2.16 bits per heavy atom. The number of aromatic nitrogens is 1. The monoisotopic (exact) mass is 412 g/mol. The highest BCUT2D eigenvalue weighted by atomic mass is 16.3. The van der Waals surface area contributed by atoms with E-state index in [0.29, 0.717) is 16.8 Å². The summed E-state index contributed by atoms with van der Waals surface area (Å²) in [7, 11) is 0. The third kappa shape index (κ3) is 3.52. The summed E-state index contributed by atoms with van der Waals surface area (Å²) in [6.45, 7) is 7.64. The van der Waals surface area contributed by atoms with E-state index in [2.05, 4.69) is 4.98 Å². The summed E-state index contributed by atoms with van der Waals surface area (Å²) < 4.78 is 0. The van der Waals surface area contributed by atoms with Crippen LogP contribution in [0.4, 0.5) is 5.69 Å². The molecule has 0 aliphatic carbocycles. The minimum atomic E-state index is -0.747. The third-order valence-corrected chi connectivity index (χ3v) is 5.74. The van der Waals surface area contributed by atoms with E-state index >= 15 is 0 Å². The Kier molecular flexibility index (Phi) is 5.19. The number of hydrogen-bond acceptors (Lipinski definition) is 4. The summed E-state index contributed by atoms with van der Waals surface area (Å²) in [6, 6.07) is 14.3. The van der Waals surface area contributed by atoms with Crippen LogP contribution in [0.15, 0.2) is 66.5 Å². The number of pyridine rings is 1. The molecule has 5 nitrogen and oxygen atoms in total. The fourth-order valence-corrected chi connectivity index (χ4v) is 4.06. The van der Waals surface area contributed by atoms with Crippen molar-refractivity contribution >= 4 is 23.1 Å². The largest absolute Gasteiger partial charge is 0.507 e. The molecule has 156 valence electrons. The van der Waals surface area contributed by atoms with E-state index in [9.17, 15) is 14.7 Å². The average molecular weight is 412 g/mol. The molecule has 1 aromatic heterocycles. The topological polar surface area (TPSA) is 70.5 Å². The van der Waals surface area contributed by atoms with Crippen LogP contribution in [0, 0.1) is 27.7 Å². The standard InChI is InChI=1S/C26H24N2O3/c1-15-5-7-17(3)20(13-15)24(29)22-23(19-9-11-27-12-10-19)28(26(31)25(22)30)21-14-16(2)6-8-18(21)4/h5-14,23,29H,1-4H3/b24-22+. The smallest absolute Gasteiger partial charge is 0.300 e. The van der Waals surface area contributed by atoms with Gasteiger partial charge in [-0.15, -0.1) is 0 Å². The Morgan fingerprint density at radius 2 is 1.48 bits per heavy atom. The lowest BCUT2D eigenvalue weighted by Gasteiger charge is -2.27. The van der Waals surface area contributed by atoms with Gasteiger partial charge in [-0.05, 0) is 74.2 Å². The van der Waals surface area contributed by atoms with Crippen LogP contribution in [0.25, 0.3) is 5.76 Å². The van der Waals surface area contributed by atoms with Crippen molar-refractivity contribution in [2.45, 2.75) is 33.7 Å². The molecule has 1 aliphatic heterocycles. The highest BCUT2D eigenvalue weighted by Crippen LogP contribution is 2.43. The van der Waals surface area contributed by atoms with E-state index < -0.39 is 17.7 Å². The maximum Gasteiger partial charge on any atom is 0.300 e. The van der Waals surface area contributed by atoms with Crippen LogP contribution in [-0.2, 0) is 9.59 Å². The molecular formula is C26H24N2O3. The third-order valence-electron chi connectivity index (χ3n) is 5.74. The quantitative estimate of drug-likeness (QED) is 0.376. The number of Topliss-reactive ketones (excluding diaryl/α,β-unsaturated/α-hetero) is 1. The minimum Gasteiger partial charge on any atom is -0.507 e. The Bertz CT molecular complexity index is 1230. The first kappa shape index (κ1) is 20.5. The first-order chi connectivity index (χ1) is 14.8. The molecule has 0 spiro atoms. The Morgan fingerprint density at radius 1 is 0.871 bits per heavy atom. The molecule has 1 atom stereocenters. The maximum absolute atomic E-state index is 13.3. The van der Waals surface area contributed by atoms with Crippen molar-refractivity contribution in [1.82, 2.24) is 4.98 Å². The molecule has 3 aromatic rings. The van der Waals surface area contributed by atoms with Crippen LogP contribution in [0.3, 0.4) is 0 Å². The highest BCUT2D eigenvalue weighted by molar-refractivity contribution is 6.51.